The van der Waals surface area contributed by atoms with Gasteiger partial charge in [-0.3, -0.25) is 36.2 Å². The van der Waals surface area contributed by atoms with Crippen molar-refractivity contribution in [3.63, 3.8) is 0 Å². The number of rotatable bonds is 10. The quantitative estimate of drug-likeness (QED) is 0.231. The van der Waals surface area contributed by atoms with Crippen molar-refractivity contribution in [1.29, 1.82) is 0 Å². The van der Waals surface area contributed by atoms with Gasteiger partial charge in [-0.2, -0.15) is 0 Å². The lowest BCUT2D eigenvalue weighted by Gasteiger charge is -2.26. The number of hydrogen-bond acceptors (Lipinski definition) is 9. The highest BCUT2D eigenvalue weighted by Crippen LogP contribution is 2.32. The Balaban J connectivity index is 1.53. The molecule has 1 amide bonds. The molecule has 11 heteroatoms. The SMILES string of the molecule is O=C(COc1ccccc1)NNc1ncnc(NN(c2ccccc2)c2ccccc2)c1[N+](=O)[O-]. The minimum atomic E-state index is -0.633. The molecule has 0 saturated carbocycles. The normalized spacial score (nSPS) is 10.2. The Bertz CT molecular complexity index is 1240. The number of anilines is 4. The van der Waals surface area contributed by atoms with E-state index in [4.69, 9.17) is 4.74 Å². The number of nitrogens with zero attached hydrogens (tertiary/aromatic N) is 4. The first-order valence-electron chi connectivity index (χ1n) is 10.5. The summed E-state index contributed by atoms with van der Waals surface area (Å²) < 4.78 is 5.37. The van der Waals surface area contributed by atoms with Crippen LogP contribution in [0.2, 0.25) is 0 Å². The Morgan fingerprint density at radius 3 is 1.97 bits per heavy atom. The second-order valence-electron chi connectivity index (χ2n) is 7.07. The van der Waals surface area contributed by atoms with Crippen LogP contribution < -0.4 is 26.0 Å². The number of nitrogens with one attached hydrogen (secondary N) is 3. The lowest BCUT2D eigenvalue weighted by molar-refractivity contribution is -0.383. The number of para-hydroxylation sites is 3. The molecular weight excluding hydrogens is 450 g/mol. The Labute approximate surface area is 200 Å². The highest BCUT2D eigenvalue weighted by atomic mass is 16.6. The first-order chi connectivity index (χ1) is 17.1. The van der Waals surface area contributed by atoms with E-state index >= 15 is 0 Å². The molecule has 1 heterocycles. The third kappa shape index (κ3) is 5.99. The molecule has 176 valence electrons. The van der Waals surface area contributed by atoms with Gasteiger partial charge in [0, 0.05) is 0 Å². The van der Waals surface area contributed by atoms with E-state index in [1.165, 1.54) is 0 Å². The molecule has 3 aromatic carbocycles. The van der Waals surface area contributed by atoms with Crippen LogP contribution in [0.4, 0.5) is 28.7 Å². The highest BCUT2D eigenvalue weighted by molar-refractivity contribution is 5.80. The van der Waals surface area contributed by atoms with Crippen LogP contribution in [0.1, 0.15) is 0 Å². The van der Waals surface area contributed by atoms with Crippen molar-refractivity contribution < 1.29 is 14.5 Å². The van der Waals surface area contributed by atoms with E-state index < -0.39 is 16.5 Å². The molecule has 35 heavy (non-hydrogen) atoms. The molecule has 0 atom stereocenters. The fourth-order valence-electron chi connectivity index (χ4n) is 3.09. The molecular formula is C24H21N7O4. The van der Waals surface area contributed by atoms with Gasteiger partial charge >= 0.3 is 5.69 Å². The van der Waals surface area contributed by atoms with Crippen molar-refractivity contribution in [2.75, 3.05) is 22.5 Å². The minimum absolute atomic E-state index is 0.0741. The van der Waals surface area contributed by atoms with Gasteiger partial charge in [0.05, 0.1) is 16.3 Å². The minimum Gasteiger partial charge on any atom is -0.484 e. The highest BCUT2D eigenvalue weighted by Gasteiger charge is 2.25. The van der Waals surface area contributed by atoms with Crippen molar-refractivity contribution in [2.24, 2.45) is 0 Å². The number of hydrazine groups is 2. The predicted molar refractivity (Wildman–Crippen MR) is 131 cm³/mol. The van der Waals surface area contributed by atoms with Gasteiger partial charge in [-0.05, 0) is 36.4 Å². The number of amides is 1. The molecule has 0 saturated heterocycles. The number of aromatic nitrogens is 2. The van der Waals surface area contributed by atoms with Gasteiger partial charge in [0.1, 0.15) is 12.1 Å². The van der Waals surface area contributed by atoms with Crippen molar-refractivity contribution in [1.82, 2.24) is 15.4 Å². The van der Waals surface area contributed by atoms with Gasteiger partial charge in [-0.15, -0.1) is 0 Å². The molecule has 0 spiro atoms. The molecule has 0 aliphatic heterocycles. The number of benzene rings is 3. The van der Waals surface area contributed by atoms with Gasteiger partial charge in [0.25, 0.3) is 5.91 Å². The van der Waals surface area contributed by atoms with E-state index in [9.17, 15) is 14.9 Å². The van der Waals surface area contributed by atoms with E-state index in [0.29, 0.717) is 5.75 Å². The molecule has 0 unspecified atom stereocenters. The fraction of sp³-hybridized carbons (Fsp3) is 0.0417. The van der Waals surface area contributed by atoms with E-state index in [1.807, 2.05) is 66.7 Å². The largest absolute Gasteiger partial charge is 0.484 e. The second-order valence-corrected chi connectivity index (χ2v) is 7.07. The number of hydrogen-bond donors (Lipinski definition) is 3. The Morgan fingerprint density at radius 1 is 0.857 bits per heavy atom. The predicted octanol–water partition coefficient (Wildman–Crippen LogP) is 4.07. The maximum atomic E-state index is 12.2. The van der Waals surface area contributed by atoms with Crippen LogP contribution >= 0.6 is 0 Å². The van der Waals surface area contributed by atoms with Gasteiger partial charge in [0.2, 0.25) is 11.6 Å². The third-order valence-corrected chi connectivity index (χ3v) is 4.68. The summed E-state index contributed by atoms with van der Waals surface area (Å²) in [5, 5.41) is 13.6. The topological polar surface area (TPSA) is 135 Å². The average molecular weight is 471 g/mol. The van der Waals surface area contributed by atoms with E-state index in [-0.39, 0.29) is 18.2 Å². The van der Waals surface area contributed by atoms with E-state index in [2.05, 4.69) is 26.2 Å². The molecule has 3 N–H and O–H groups in total. The van der Waals surface area contributed by atoms with Crippen LogP contribution in [-0.2, 0) is 4.79 Å². The summed E-state index contributed by atoms with van der Waals surface area (Å²) in [5.74, 6) is -0.299. The van der Waals surface area contributed by atoms with Gasteiger partial charge in [0.15, 0.2) is 6.61 Å². The molecule has 0 aliphatic rings. The van der Waals surface area contributed by atoms with Crippen molar-refractivity contribution in [2.45, 2.75) is 0 Å². The zero-order valence-corrected chi connectivity index (χ0v) is 18.4. The van der Waals surface area contributed by atoms with Crippen LogP contribution in [0.25, 0.3) is 0 Å². The lowest BCUT2D eigenvalue weighted by atomic mass is 10.2. The summed E-state index contributed by atoms with van der Waals surface area (Å²) in [6.45, 7) is -0.295. The second kappa shape index (κ2) is 11.1. The Hall–Kier alpha value is -5.19. The van der Waals surface area contributed by atoms with Gasteiger partial charge < -0.3 is 4.74 Å². The van der Waals surface area contributed by atoms with Crippen LogP contribution in [0.15, 0.2) is 97.3 Å². The summed E-state index contributed by atoms with van der Waals surface area (Å²) in [6.07, 6.45) is 1.15. The maximum Gasteiger partial charge on any atom is 0.356 e. The van der Waals surface area contributed by atoms with Crippen LogP contribution in [-0.4, -0.2) is 27.4 Å². The van der Waals surface area contributed by atoms with E-state index in [0.717, 1.165) is 17.7 Å². The van der Waals surface area contributed by atoms with E-state index in [1.54, 1.807) is 29.3 Å². The van der Waals surface area contributed by atoms with Gasteiger partial charge in [-0.25, -0.2) is 9.97 Å². The molecule has 0 aliphatic carbocycles. The molecule has 11 nitrogen and oxygen atoms in total. The summed E-state index contributed by atoms with van der Waals surface area (Å²) in [6, 6.07) is 27.3. The zero-order valence-electron chi connectivity index (χ0n) is 18.4. The average Bonchev–Trinajstić information content (AvgIpc) is 2.90. The molecule has 0 radical (unpaired) electrons. The van der Waals surface area contributed by atoms with Crippen LogP contribution in [0, 0.1) is 10.1 Å². The number of nitro groups is 1. The van der Waals surface area contributed by atoms with Crippen molar-refractivity contribution in [3.8, 4) is 5.75 Å². The number of carbonyl (C=O) groups excluding carboxylic acids is 1. The molecule has 4 rings (SSSR count). The monoisotopic (exact) mass is 471 g/mol. The van der Waals surface area contributed by atoms with Crippen molar-refractivity contribution >= 4 is 34.6 Å². The smallest absolute Gasteiger partial charge is 0.356 e. The van der Waals surface area contributed by atoms with Crippen LogP contribution in [0.5, 0.6) is 5.75 Å². The van der Waals surface area contributed by atoms with Crippen LogP contribution in [0.3, 0.4) is 0 Å². The third-order valence-electron chi connectivity index (χ3n) is 4.68. The molecule has 0 fully saturated rings. The first-order valence-corrected chi connectivity index (χ1v) is 10.5. The van der Waals surface area contributed by atoms with Crippen molar-refractivity contribution in [3.05, 3.63) is 107 Å². The number of carbonyl (C=O) groups is 1. The van der Waals surface area contributed by atoms with Gasteiger partial charge in [-0.1, -0.05) is 54.6 Å². The summed E-state index contributed by atoms with van der Waals surface area (Å²) in [7, 11) is 0. The first kappa shape index (κ1) is 23.0. The fourth-order valence-corrected chi connectivity index (χ4v) is 3.09. The summed E-state index contributed by atoms with van der Waals surface area (Å²) >= 11 is 0. The summed E-state index contributed by atoms with van der Waals surface area (Å²) in [5.41, 5.74) is 8.86. The Kier molecular flexibility index (Phi) is 7.29. The molecule has 4 aromatic rings. The number of ether oxygens (including phenoxy) is 1. The Morgan fingerprint density at radius 2 is 1.40 bits per heavy atom. The molecule has 0 bridgehead atoms. The molecule has 1 aromatic heterocycles. The lowest BCUT2D eigenvalue weighted by Crippen LogP contribution is -2.34. The summed E-state index contributed by atoms with van der Waals surface area (Å²) in [4.78, 5) is 31.5. The maximum absolute atomic E-state index is 12.2. The zero-order chi connectivity index (χ0) is 24.5. The standard InChI is InChI=1S/C24H21N7O4/c32-21(16-35-20-14-8-3-9-15-20)27-28-23-22(31(33)34)24(26-17-25-23)29-30(18-10-4-1-5-11-18)19-12-6-2-7-13-19/h1-15,17H,16H2,(H,27,32)(H2,25,26,28,29).